The number of anilines is 2. The molecule has 0 saturated heterocycles. The van der Waals surface area contributed by atoms with Crippen LogP contribution >= 0.6 is 23.1 Å². The number of nitrogens with one attached hydrogen (secondary N) is 3. The molecule has 8 nitrogen and oxygen atoms in total. The maximum atomic E-state index is 12.7. The molecule has 3 heterocycles. The van der Waals surface area contributed by atoms with E-state index in [0.29, 0.717) is 11.4 Å². The number of pyridine rings is 1. The summed E-state index contributed by atoms with van der Waals surface area (Å²) in [5, 5.41) is 9.59. The van der Waals surface area contributed by atoms with Crippen LogP contribution in [0.25, 0.3) is 0 Å². The number of benzene rings is 1. The third kappa shape index (κ3) is 4.92. The molecule has 2 unspecified atom stereocenters. The van der Waals surface area contributed by atoms with Crippen LogP contribution in [0.5, 0.6) is 0 Å². The number of fused-ring (bicyclic) bond motifs is 1. The number of alkyl carbamates (subject to hydrolysis) is 1. The van der Waals surface area contributed by atoms with E-state index in [-0.39, 0.29) is 11.5 Å². The van der Waals surface area contributed by atoms with Gasteiger partial charge in [0.2, 0.25) is 0 Å². The minimum absolute atomic E-state index is 0.190. The van der Waals surface area contributed by atoms with Gasteiger partial charge in [0, 0.05) is 12.4 Å². The molecule has 10 heteroatoms. The van der Waals surface area contributed by atoms with Gasteiger partial charge in [0.05, 0.1) is 16.1 Å². The monoisotopic (exact) mass is 468 g/mol. The van der Waals surface area contributed by atoms with E-state index in [2.05, 4.69) is 20.9 Å². The minimum atomic E-state index is -0.842. The van der Waals surface area contributed by atoms with Crippen molar-refractivity contribution in [2.45, 2.75) is 29.7 Å². The number of ether oxygens (including phenoxy) is 1. The van der Waals surface area contributed by atoms with Gasteiger partial charge in [0.15, 0.2) is 5.37 Å². The summed E-state index contributed by atoms with van der Waals surface area (Å²) in [6, 6.07) is 12.7. The lowest BCUT2D eigenvalue weighted by molar-refractivity contribution is -0.115. The second-order valence-corrected chi connectivity index (χ2v) is 8.90. The Bertz CT molecular complexity index is 1110. The summed E-state index contributed by atoms with van der Waals surface area (Å²) in [6.45, 7) is 1.89. The Morgan fingerprint density at radius 1 is 1.19 bits per heavy atom. The fourth-order valence-corrected chi connectivity index (χ4v) is 4.91. The highest BCUT2D eigenvalue weighted by Gasteiger charge is 2.29. The highest BCUT2D eigenvalue weighted by atomic mass is 32.2. The van der Waals surface area contributed by atoms with E-state index >= 15 is 0 Å². The first-order valence-corrected chi connectivity index (χ1v) is 11.6. The maximum Gasteiger partial charge on any atom is 0.414 e. The smallest absolute Gasteiger partial charge is 0.414 e. The van der Waals surface area contributed by atoms with Crippen LogP contribution in [0.1, 0.15) is 35.4 Å². The van der Waals surface area contributed by atoms with Gasteiger partial charge in [-0.15, -0.1) is 11.3 Å². The average molecular weight is 469 g/mol. The normalized spacial score (nSPS) is 15.2. The average Bonchev–Trinajstić information content (AvgIpc) is 3.45. The molecule has 0 bridgehead atoms. The number of thiophene rings is 1. The molecular formula is C22H20N4O4S2. The Balaban J connectivity index is 1.36. The SMILES string of the molecule is CCC(OC(=O)NC(=O)c1ccsc1NC(=O)C1Nc2ccncc2S1)c1ccccc1. The number of nitrogens with zero attached hydrogens (tertiary/aromatic N) is 1. The van der Waals surface area contributed by atoms with Crippen molar-refractivity contribution < 1.29 is 19.1 Å². The van der Waals surface area contributed by atoms with Crippen molar-refractivity contribution in [3.8, 4) is 0 Å². The number of hydrogen-bond acceptors (Lipinski definition) is 8. The number of thioether (sulfide) groups is 1. The molecule has 1 aromatic carbocycles. The summed E-state index contributed by atoms with van der Waals surface area (Å²) < 4.78 is 5.42. The van der Waals surface area contributed by atoms with Gasteiger partial charge in [-0.25, -0.2) is 4.79 Å². The number of carbonyl (C=O) groups excluding carboxylic acids is 3. The van der Waals surface area contributed by atoms with E-state index in [4.69, 9.17) is 4.74 Å². The molecule has 0 aliphatic carbocycles. The number of rotatable bonds is 6. The molecule has 3 aromatic rings. The van der Waals surface area contributed by atoms with Crippen molar-refractivity contribution in [3.05, 3.63) is 71.4 Å². The Hall–Kier alpha value is -3.37. The van der Waals surface area contributed by atoms with Gasteiger partial charge < -0.3 is 15.4 Å². The largest absolute Gasteiger partial charge is 0.441 e. The zero-order chi connectivity index (χ0) is 22.5. The molecule has 164 valence electrons. The fraction of sp³-hybridized carbons (Fsp3) is 0.182. The van der Waals surface area contributed by atoms with Crippen LogP contribution in [0.15, 0.2) is 65.1 Å². The van der Waals surface area contributed by atoms with E-state index in [1.165, 1.54) is 23.1 Å². The van der Waals surface area contributed by atoms with E-state index in [0.717, 1.165) is 16.1 Å². The minimum Gasteiger partial charge on any atom is -0.441 e. The van der Waals surface area contributed by atoms with Crippen LogP contribution in [0.4, 0.5) is 15.5 Å². The Labute approximate surface area is 192 Å². The predicted molar refractivity (Wildman–Crippen MR) is 124 cm³/mol. The van der Waals surface area contributed by atoms with Crippen LogP contribution in [0.3, 0.4) is 0 Å². The van der Waals surface area contributed by atoms with Crippen LogP contribution in [-0.2, 0) is 9.53 Å². The second kappa shape index (κ2) is 9.84. The lowest BCUT2D eigenvalue weighted by Gasteiger charge is -2.16. The third-order valence-corrected chi connectivity index (χ3v) is 6.68. The Morgan fingerprint density at radius 2 is 2.00 bits per heavy atom. The fourth-order valence-electron chi connectivity index (χ4n) is 3.15. The summed E-state index contributed by atoms with van der Waals surface area (Å²) in [6.07, 6.45) is 2.59. The first kappa shape index (κ1) is 21.8. The van der Waals surface area contributed by atoms with Crippen LogP contribution in [-0.4, -0.2) is 28.3 Å². The van der Waals surface area contributed by atoms with E-state index in [9.17, 15) is 14.4 Å². The molecule has 32 heavy (non-hydrogen) atoms. The third-order valence-electron chi connectivity index (χ3n) is 4.71. The molecule has 4 rings (SSSR count). The molecule has 1 aliphatic heterocycles. The maximum absolute atomic E-state index is 12.7. The molecular weight excluding hydrogens is 448 g/mol. The van der Waals surface area contributed by atoms with Crippen LogP contribution < -0.4 is 16.0 Å². The molecule has 0 fully saturated rings. The summed E-state index contributed by atoms with van der Waals surface area (Å²) >= 11 is 2.54. The van der Waals surface area contributed by atoms with Gasteiger partial charge in [-0.05, 0) is 29.5 Å². The van der Waals surface area contributed by atoms with Crippen molar-refractivity contribution in [1.82, 2.24) is 10.3 Å². The zero-order valence-corrected chi connectivity index (χ0v) is 18.7. The highest BCUT2D eigenvalue weighted by molar-refractivity contribution is 8.01. The molecule has 2 atom stereocenters. The van der Waals surface area contributed by atoms with Crippen LogP contribution in [0, 0.1) is 0 Å². The van der Waals surface area contributed by atoms with Crippen LogP contribution in [0.2, 0.25) is 0 Å². The van der Waals surface area contributed by atoms with E-state index in [1.54, 1.807) is 29.9 Å². The van der Waals surface area contributed by atoms with Crippen molar-refractivity contribution in [2.24, 2.45) is 0 Å². The molecule has 3 N–H and O–H groups in total. The number of carbonyl (C=O) groups is 3. The first-order valence-electron chi connectivity index (χ1n) is 9.87. The first-order chi connectivity index (χ1) is 15.5. The lowest BCUT2D eigenvalue weighted by Crippen LogP contribution is -2.33. The standard InChI is InChI=1S/C22H20N4O4S2/c1-2-16(13-6-4-3-5-7-13)30-22(29)26-18(27)14-9-11-31-20(14)25-19(28)21-24-15-8-10-23-12-17(15)32-21/h3-12,16,21,24H,2H2,1H3,(H,25,28)(H,26,27,29). The molecule has 0 spiro atoms. The number of hydrogen-bond donors (Lipinski definition) is 3. The Kier molecular flexibility index (Phi) is 6.72. The van der Waals surface area contributed by atoms with Gasteiger partial charge in [-0.1, -0.05) is 49.0 Å². The highest BCUT2D eigenvalue weighted by Crippen LogP contribution is 2.38. The lowest BCUT2D eigenvalue weighted by atomic mass is 10.1. The second-order valence-electron chi connectivity index (χ2n) is 6.83. The van der Waals surface area contributed by atoms with Crippen molar-refractivity contribution in [3.63, 3.8) is 0 Å². The molecule has 0 saturated carbocycles. The van der Waals surface area contributed by atoms with Gasteiger partial charge in [0.1, 0.15) is 11.1 Å². The van der Waals surface area contributed by atoms with Crippen molar-refractivity contribution >= 4 is 51.7 Å². The van der Waals surface area contributed by atoms with Gasteiger partial charge >= 0.3 is 6.09 Å². The molecule has 3 amide bonds. The topological polar surface area (TPSA) is 109 Å². The van der Waals surface area contributed by atoms with Crippen molar-refractivity contribution in [2.75, 3.05) is 10.6 Å². The van der Waals surface area contributed by atoms with Gasteiger partial charge in [-0.3, -0.25) is 19.9 Å². The Morgan fingerprint density at radius 3 is 2.75 bits per heavy atom. The summed E-state index contributed by atoms with van der Waals surface area (Å²) in [5.41, 5.74) is 1.87. The van der Waals surface area contributed by atoms with Gasteiger partial charge in [0.25, 0.3) is 11.8 Å². The quantitative estimate of drug-likeness (QED) is 0.483. The number of imide groups is 1. The summed E-state index contributed by atoms with van der Waals surface area (Å²) in [4.78, 5) is 42.6. The summed E-state index contributed by atoms with van der Waals surface area (Å²) in [5.74, 6) is -0.950. The molecule has 2 aromatic heterocycles. The van der Waals surface area contributed by atoms with Crippen molar-refractivity contribution in [1.29, 1.82) is 0 Å². The zero-order valence-electron chi connectivity index (χ0n) is 17.0. The molecule has 1 aliphatic rings. The summed E-state index contributed by atoms with van der Waals surface area (Å²) in [7, 11) is 0. The predicted octanol–water partition coefficient (Wildman–Crippen LogP) is 4.64. The van der Waals surface area contributed by atoms with E-state index < -0.39 is 23.5 Å². The van der Waals surface area contributed by atoms with Gasteiger partial charge in [-0.2, -0.15) is 0 Å². The number of amides is 3. The van der Waals surface area contributed by atoms with E-state index in [1.807, 2.05) is 37.3 Å². The number of aromatic nitrogens is 1. The molecule has 0 radical (unpaired) electrons.